The Labute approximate surface area is 108 Å². The predicted octanol–water partition coefficient (Wildman–Crippen LogP) is 2.29. The minimum Gasteiger partial charge on any atom is -0.490 e. The zero-order chi connectivity index (χ0) is 13.0. The van der Waals surface area contributed by atoms with E-state index in [1.165, 1.54) is 6.92 Å². The molecule has 0 spiro atoms. The molecule has 0 aromatic heterocycles. The summed E-state index contributed by atoms with van der Waals surface area (Å²) in [6, 6.07) is 7.82. The lowest BCUT2D eigenvalue weighted by molar-refractivity contribution is -0.114. The van der Waals surface area contributed by atoms with Gasteiger partial charge < -0.3 is 15.8 Å². The van der Waals surface area contributed by atoms with Crippen LogP contribution in [0.2, 0.25) is 0 Å². The van der Waals surface area contributed by atoms with Crippen LogP contribution in [0.15, 0.2) is 24.3 Å². The molecular formula is C14H20N2O2. The van der Waals surface area contributed by atoms with Crippen LogP contribution in [0, 0.1) is 0 Å². The molecule has 98 valence electrons. The van der Waals surface area contributed by atoms with E-state index in [1.807, 2.05) is 24.3 Å². The molecule has 1 saturated carbocycles. The lowest BCUT2D eigenvalue weighted by atomic mass is 9.94. The van der Waals surface area contributed by atoms with Gasteiger partial charge in [-0.15, -0.1) is 0 Å². The molecule has 1 aromatic carbocycles. The molecular weight excluding hydrogens is 228 g/mol. The van der Waals surface area contributed by atoms with Crippen molar-refractivity contribution in [3.8, 4) is 5.75 Å². The monoisotopic (exact) mass is 248 g/mol. The van der Waals surface area contributed by atoms with Gasteiger partial charge in [0.2, 0.25) is 5.91 Å². The lowest BCUT2D eigenvalue weighted by Crippen LogP contribution is -2.31. The van der Waals surface area contributed by atoms with Crippen molar-refractivity contribution >= 4 is 11.6 Å². The molecule has 1 aliphatic carbocycles. The number of rotatable bonds is 3. The van der Waals surface area contributed by atoms with Gasteiger partial charge in [0.1, 0.15) is 5.75 Å². The molecule has 18 heavy (non-hydrogen) atoms. The first-order valence-electron chi connectivity index (χ1n) is 6.43. The largest absolute Gasteiger partial charge is 0.490 e. The fourth-order valence-corrected chi connectivity index (χ4v) is 2.22. The van der Waals surface area contributed by atoms with Crippen molar-refractivity contribution in [3.05, 3.63) is 24.3 Å². The van der Waals surface area contributed by atoms with Gasteiger partial charge in [-0.3, -0.25) is 4.79 Å². The third-order valence-corrected chi connectivity index (χ3v) is 3.20. The standard InChI is InChI=1S/C14H20N2O2/c1-10(17)16-12-4-8-14(9-5-12)18-13-6-2-11(15)3-7-13/h4-5,8-9,11,13H,2-3,6-7,15H2,1H3,(H,16,17). The summed E-state index contributed by atoms with van der Waals surface area (Å²) in [6.45, 7) is 1.50. The second-order valence-electron chi connectivity index (χ2n) is 4.86. The number of carbonyl (C=O) groups excluding carboxylic acids is 1. The molecule has 0 atom stereocenters. The highest BCUT2D eigenvalue weighted by atomic mass is 16.5. The Bertz CT molecular complexity index is 395. The van der Waals surface area contributed by atoms with Crippen LogP contribution in [-0.2, 0) is 4.79 Å². The molecule has 3 N–H and O–H groups in total. The van der Waals surface area contributed by atoms with Crippen LogP contribution in [-0.4, -0.2) is 18.1 Å². The van der Waals surface area contributed by atoms with Crippen molar-refractivity contribution in [2.24, 2.45) is 5.73 Å². The maximum atomic E-state index is 10.9. The van der Waals surface area contributed by atoms with Crippen LogP contribution in [0.1, 0.15) is 32.6 Å². The molecule has 0 aliphatic heterocycles. The first kappa shape index (κ1) is 12.9. The molecule has 0 unspecified atom stereocenters. The molecule has 0 radical (unpaired) electrons. The molecule has 4 heteroatoms. The Morgan fingerprint density at radius 3 is 2.39 bits per heavy atom. The van der Waals surface area contributed by atoms with Crippen LogP contribution < -0.4 is 15.8 Å². The van der Waals surface area contributed by atoms with E-state index in [9.17, 15) is 4.79 Å². The quantitative estimate of drug-likeness (QED) is 0.862. The van der Waals surface area contributed by atoms with E-state index < -0.39 is 0 Å². The molecule has 0 saturated heterocycles. The summed E-state index contributed by atoms with van der Waals surface area (Å²) in [7, 11) is 0. The number of ether oxygens (including phenoxy) is 1. The van der Waals surface area contributed by atoms with E-state index in [0.29, 0.717) is 6.04 Å². The highest BCUT2D eigenvalue weighted by Gasteiger charge is 2.19. The Kier molecular flexibility index (Phi) is 4.20. The summed E-state index contributed by atoms with van der Waals surface area (Å²) < 4.78 is 5.90. The topological polar surface area (TPSA) is 64.3 Å². The van der Waals surface area contributed by atoms with Crippen LogP contribution >= 0.6 is 0 Å². The van der Waals surface area contributed by atoms with Gasteiger partial charge >= 0.3 is 0 Å². The first-order valence-corrected chi connectivity index (χ1v) is 6.43. The number of amides is 1. The SMILES string of the molecule is CC(=O)Nc1ccc(OC2CCC(N)CC2)cc1. The van der Waals surface area contributed by atoms with Gasteiger partial charge in [-0.2, -0.15) is 0 Å². The molecule has 1 aliphatic rings. The molecule has 1 fully saturated rings. The maximum Gasteiger partial charge on any atom is 0.221 e. The summed E-state index contributed by atoms with van der Waals surface area (Å²) in [6.07, 6.45) is 4.39. The smallest absolute Gasteiger partial charge is 0.221 e. The van der Waals surface area contributed by atoms with E-state index in [0.717, 1.165) is 37.1 Å². The number of benzene rings is 1. The second kappa shape index (κ2) is 5.87. The van der Waals surface area contributed by atoms with E-state index in [1.54, 1.807) is 0 Å². The average molecular weight is 248 g/mol. The van der Waals surface area contributed by atoms with Crippen molar-refractivity contribution in [3.63, 3.8) is 0 Å². The second-order valence-corrected chi connectivity index (χ2v) is 4.86. The van der Waals surface area contributed by atoms with E-state index >= 15 is 0 Å². The molecule has 0 bridgehead atoms. The molecule has 1 amide bonds. The highest BCUT2D eigenvalue weighted by Crippen LogP contribution is 2.24. The van der Waals surface area contributed by atoms with E-state index in [4.69, 9.17) is 10.5 Å². The fourth-order valence-electron chi connectivity index (χ4n) is 2.22. The van der Waals surface area contributed by atoms with Crippen LogP contribution in [0.25, 0.3) is 0 Å². The van der Waals surface area contributed by atoms with Crippen molar-refractivity contribution in [2.45, 2.75) is 44.8 Å². The number of hydrogen-bond acceptors (Lipinski definition) is 3. The maximum absolute atomic E-state index is 10.9. The molecule has 1 aromatic rings. The summed E-state index contributed by atoms with van der Waals surface area (Å²) in [5, 5.41) is 2.73. The Balaban J connectivity index is 1.88. The number of hydrogen-bond donors (Lipinski definition) is 2. The number of anilines is 1. The summed E-state index contributed by atoms with van der Waals surface area (Å²) >= 11 is 0. The van der Waals surface area contributed by atoms with Gasteiger partial charge in [0.05, 0.1) is 6.10 Å². The summed E-state index contributed by atoms with van der Waals surface area (Å²) in [5.74, 6) is 0.787. The third-order valence-electron chi connectivity index (χ3n) is 3.20. The Morgan fingerprint density at radius 2 is 1.83 bits per heavy atom. The van der Waals surface area contributed by atoms with Gasteiger partial charge in [0.15, 0.2) is 0 Å². The van der Waals surface area contributed by atoms with Crippen molar-refractivity contribution in [2.75, 3.05) is 5.32 Å². The molecule has 4 nitrogen and oxygen atoms in total. The van der Waals surface area contributed by atoms with E-state index in [2.05, 4.69) is 5.32 Å². The van der Waals surface area contributed by atoms with Gasteiger partial charge in [-0.1, -0.05) is 0 Å². The summed E-state index contributed by atoms with van der Waals surface area (Å²) in [5.41, 5.74) is 6.65. The van der Waals surface area contributed by atoms with Gasteiger partial charge in [-0.25, -0.2) is 0 Å². The van der Waals surface area contributed by atoms with Crippen LogP contribution in [0.3, 0.4) is 0 Å². The number of nitrogens with one attached hydrogen (secondary N) is 1. The highest BCUT2D eigenvalue weighted by molar-refractivity contribution is 5.88. The predicted molar refractivity (Wildman–Crippen MR) is 71.6 cm³/mol. The van der Waals surface area contributed by atoms with Gasteiger partial charge in [0.25, 0.3) is 0 Å². The van der Waals surface area contributed by atoms with Crippen molar-refractivity contribution in [1.29, 1.82) is 0 Å². The van der Waals surface area contributed by atoms with Gasteiger partial charge in [0, 0.05) is 18.7 Å². The average Bonchev–Trinajstić information content (AvgIpc) is 2.34. The zero-order valence-corrected chi connectivity index (χ0v) is 10.7. The number of nitrogens with two attached hydrogens (primary N) is 1. The fraction of sp³-hybridized carbons (Fsp3) is 0.500. The molecule has 2 rings (SSSR count). The van der Waals surface area contributed by atoms with Crippen molar-refractivity contribution < 1.29 is 9.53 Å². The first-order chi connectivity index (χ1) is 8.63. The van der Waals surface area contributed by atoms with Crippen LogP contribution in [0.5, 0.6) is 5.75 Å². The van der Waals surface area contributed by atoms with Crippen molar-refractivity contribution in [1.82, 2.24) is 0 Å². The van der Waals surface area contributed by atoms with Gasteiger partial charge in [-0.05, 0) is 49.9 Å². The Hall–Kier alpha value is -1.55. The normalized spacial score (nSPS) is 23.4. The van der Waals surface area contributed by atoms with Crippen LogP contribution in [0.4, 0.5) is 5.69 Å². The van der Waals surface area contributed by atoms with E-state index in [-0.39, 0.29) is 12.0 Å². The molecule has 0 heterocycles. The summed E-state index contributed by atoms with van der Waals surface area (Å²) in [4.78, 5) is 10.9. The Morgan fingerprint density at radius 1 is 1.22 bits per heavy atom. The third kappa shape index (κ3) is 3.74. The minimum atomic E-state index is -0.0649. The minimum absolute atomic E-state index is 0.0649. The number of carbonyl (C=O) groups is 1. The lowest BCUT2D eigenvalue weighted by Gasteiger charge is -2.26. The zero-order valence-electron chi connectivity index (χ0n) is 10.7.